The lowest BCUT2D eigenvalue weighted by Gasteiger charge is -2.31. The lowest BCUT2D eigenvalue weighted by molar-refractivity contribution is 0.557. The number of aromatic nitrogens is 2. The second-order valence-electron chi connectivity index (χ2n) is 4.81. The Hall–Kier alpha value is -1.33. The fourth-order valence-electron chi connectivity index (χ4n) is 2.66. The summed E-state index contributed by atoms with van der Waals surface area (Å²) < 4.78 is 3.40. The first kappa shape index (κ1) is 12.7. The Kier molecular flexibility index (Phi) is 3.33. The number of nitrogens with zero attached hydrogens (tertiary/aromatic N) is 3. The van der Waals surface area contributed by atoms with Gasteiger partial charge in [-0.05, 0) is 31.2 Å². The van der Waals surface area contributed by atoms with Crippen molar-refractivity contribution >= 4 is 21.6 Å². The zero-order valence-corrected chi connectivity index (χ0v) is 12.5. The van der Waals surface area contributed by atoms with Crippen LogP contribution in [0.4, 0.5) is 5.69 Å². The van der Waals surface area contributed by atoms with Gasteiger partial charge in [0.25, 0.3) is 0 Å². The molecular formula is C14H17BrN4. The number of hydrogen-bond donors (Lipinski definition) is 1. The molecule has 2 aromatic rings. The van der Waals surface area contributed by atoms with Crippen LogP contribution in [-0.4, -0.2) is 16.1 Å². The maximum atomic E-state index is 5.79. The van der Waals surface area contributed by atoms with E-state index in [9.17, 15) is 0 Å². The summed E-state index contributed by atoms with van der Waals surface area (Å²) in [6, 6.07) is 8.45. The van der Waals surface area contributed by atoms with Gasteiger partial charge in [0.1, 0.15) is 5.82 Å². The van der Waals surface area contributed by atoms with Crippen LogP contribution in [0.25, 0.3) is 0 Å². The fraction of sp³-hybridized carbons (Fsp3) is 0.357. The smallest absolute Gasteiger partial charge is 0.106 e. The molecule has 0 atom stereocenters. The van der Waals surface area contributed by atoms with Crippen molar-refractivity contribution in [3.05, 3.63) is 46.0 Å². The van der Waals surface area contributed by atoms with Gasteiger partial charge in [0.15, 0.2) is 0 Å². The largest absolute Gasteiger partial charge is 0.364 e. The molecule has 2 heterocycles. The van der Waals surface area contributed by atoms with E-state index in [1.54, 1.807) is 0 Å². The summed E-state index contributed by atoms with van der Waals surface area (Å²) in [5.74, 6) is 1.07. The summed E-state index contributed by atoms with van der Waals surface area (Å²) in [6.07, 6.45) is 0. The van der Waals surface area contributed by atoms with Crippen LogP contribution in [0, 0.1) is 6.92 Å². The molecule has 19 heavy (non-hydrogen) atoms. The van der Waals surface area contributed by atoms with E-state index in [2.05, 4.69) is 61.6 Å². The van der Waals surface area contributed by atoms with Gasteiger partial charge in [-0.3, -0.25) is 0 Å². The molecule has 0 saturated heterocycles. The number of benzene rings is 1. The fourth-order valence-corrected chi connectivity index (χ4v) is 2.93. The Bertz CT molecular complexity index is 588. The molecule has 1 aromatic heterocycles. The van der Waals surface area contributed by atoms with E-state index in [4.69, 9.17) is 5.73 Å². The number of fused-ring (bicyclic) bond motifs is 1. The monoisotopic (exact) mass is 320 g/mol. The van der Waals surface area contributed by atoms with Crippen LogP contribution in [0.2, 0.25) is 0 Å². The van der Waals surface area contributed by atoms with Crippen LogP contribution in [0.15, 0.2) is 28.7 Å². The van der Waals surface area contributed by atoms with Gasteiger partial charge < -0.3 is 15.2 Å². The van der Waals surface area contributed by atoms with E-state index < -0.39 is 0 Å². The molecule has 0 fully saturated rings. The molecular weight excluding hydrogens is 304 g/mol. The summed E-state index contributed by atoms with van der Waals surface area (Å²) in [7, 11) is 0. The van der Waals surface area contributed by atoms with Crippen LogP contribution in [-0.2, 0) is 19.6 Å². The number of nitrogens with two attached hydrogens (primary N) is 1. The predicted molar refractivity (Wildman–Crippen MR) is 80.0 cm³/mol. The van der Waals surface area contributed by atoms with Crippen LogP contribution in [0.3, 0.4) is 0 Å². The number of imidazole rings is 1. The third-order valence-electron chi connectivity index (χ3n) is 3.67. The number of aryl methyl sites for hydroxylation is 1. The van der Waals surface area contributed by atoms with E-state index in [-0.39, 0.29) is 0 Å². The summed E-state index contributed by atoms with van der Waals surface area (Å²) in [5.41, 5.74) is 9.32. The highest BCUT2D eigenvalue weighted by Gasteiger charge is 2.21. The Morgan fingerprint density at radius 2 is 2.00 bits per heavy atom. The standard InChI is InChI=1S/C14H17BrN4/c1-10-17-13(8-16)14-9-18(6-7-19(10)14)12-4-2-11(15)3-5-12/h2-5H,6-9,16H2,1H3. The first-order chi connectivity index (χ1) is 9.19. The van der Waals surface area contributed by atoms with Crippen molar-refractivity contribution in [2.75, 3.05) is 11.4 Å². The third-order valence-corrected chi connectivity index (χ3v) is 4.19. The zero-order chi connectivity index (χ0) is 13.4. The van der Waals surface area contributed by atoms with E-state index in [0.717, 1.165) is 35.6 Å². The third kappa shape index (κ3) is 2.28. The van der Waals surface area contributed by atoms with Crippen LogP contribution >= 0.6 is 15.9 Å². The second kappa shape index (κ2) is 4.98. The van der Waals surface area contributed by atoms with Gasteiger partial charge in [-0.15, -0.1) is 0 Å². The molecule has 5 heteroatoms. The molecule has 0 amide bonds. The highest BCUT2D eigenvalue weighted by atomic mass is 79.9. The summed E-state index contributed by atoms with van der Waals surface area (Å²) in [5, 5.41) is 0. The molecule has 1 aliphatic rings. The van der Waals surface area contributed by atoms with Gasteiger partial charge in [-0.1, -0.05) is 15.9 Å². The first-order valence-electron chi connectivity index (χ1n) is 6.44. The quantitative estimate of drug-likeness (QED) is 0.924. The van der Waals surface area contributed by atoms with Gasteiger partial charge in [-0.2, -0.15) is 0 Å². The highest BCUT2D eigenvalue weighted by molar-refractivity contribution is 9.10. The molecule has 1 aliphatic heterocycles. The Balaban J connectivity index is 1.91. The maximum Gasteiger partial charge on any atom is 0.106 e. The van der Waals surface area contributed by atoms with Crippen molar-refractivity contribution in [2.24, 2.45) is 5.73 Å². The van der Waals surface area contributed by atoms with E-state index in [1.807, 2.05) is 0 Å². The first-order valence-corrected chi connectivity index (χ1v) is 7.24. The van der Waals surface area contributed by atoms with E-state index in [0.29, 0.717) is 6.54 Å². The van der Waals surface area contributed by atoms with Crippen LogP contribution < -0.4 is 10.6 Å². The van der Waals surface area contributed by atoms with Crippen molar-refractivity contribution < 1.29 is 0 Å². The highest BCUT2D eigenvalue weighted by Crippen LogP contribution is 2.25. The summed E-state index contributed by atoms with van der Waals surface area (Å²) in [4.78, 5) is 6.93. The topological polar surface area (TPSA) is 47.1 Å². The second-order valence-corrected chi connectivity index (χ2v) is 5.72. The average Bonchev–Trinajstić information content (AvgIpc) is 2.76. The van der Waals surface area contributed by atoms with Gasteiger partial charge in [0.2, 0.25) is 0 Å². The SMILES string of the molecule is Cc1nc(CN)c2n1CCN(c1ccc(Br)cc1)C2. The normalized spacial score (nSPS) is 14.6. The maximum absolute atomic E-state index is 5.79. The van der Waals surface area contributed by atoms with E-state index >= 15 is 0 Å². The number of halogens is 1. The van der Waals surface area contributed by atoms with Crippen molar-refractivity contribution in [2.45, 2.75) is 26.6 Å². The molecule has 0 saturated carbocycles. The van der Waals surface area contributed by atoms with Gasteiger partial charge in [-0.25, -0.2) is 4.98 Å². The molecule has 0 spiro atoms. The molecule has 0 radical (unpaired) electrons. The van der Waals surface area contributed by atoms with E-state index in [1.165, 1.54) is 11.4 Å². The molecule has 100 valence electrons. The molecule has 4 nitrogen and oxygen atoms in total. The van der Waals surface area contributed by atoms with Crippen molar-refractivity contribution in [1.82, 2.24) is 9.55 Å². The zero-order valence-electron chi connectivity index (χ0n) is 10.9. The molecule has 0 bridgehead atoms. The molecule has 0 unspecified atom stereocenters. The molecule has 0 aliphatic carbocycles. The summed E-state index contributed by atoms with van der Waals surface area (Å²) in [6.45, 7) is 5.43. The predicted octanol–water partition coefficient (Wildman–Crippen LogP) is 2.43. The van der Waals surface area contributed by atoms with Gasteiger partial charge >= 0.3 is 0 Å². The van der Waals surface area contributed by atoms with Crippen LogP contribution in [0.1, 0.15) is 17.2 Å². The molecule has 2 N–H and O–H groups in total. The minimum absolute atomic E-state index is 0.511. The number of anilines is 1. The van der Waals surface area contributed by atoms with Gasteiger partial charge in [0.05, 0.1) is 17.9 Å². The van der Waals surface area contributed by atoms with Crippen molar-refractivity contribution in [3.63, 3.8) is 0 Å². The lowest BCUT2D eigenvalue weighted by atomic mass is 10.2. The minimum atomic E-state index is 0.511. The lowest BCUT2D eigenvalue weighted by Crippen LogP contribution is -2.34. The number of hydrogen-bond acceptors (Lipinski definition) is 3. The molecule has 3 rings (SSSR count). The number of rotatable bonds is 2. The Labute approximate surface area is 121 Å². The van der Waals surface area contributed by atoms with Crippen LogP contribution in [0.5, 0.6) is 0 Å². The van der Waals surface area contributed by atoms with Crippen molar-refractivity contribution in [3.8, 4) is 0 Å². The van der Waals surface area contributed by atoms with Gasteiger partial charge in [0, 0.05) is 29.8 Å². The van der Waals surface area contributed by atoms with Crippen molar-refractivity contribution in [1.29, 1.82) is 0 Å². The Morgan fingerprint density at radius 3 is 2.68 bits per heavy atom. The Morgan fingerprint density at radius 1 is 1.26 bits per heavy atom. The molecule has 1 aromatic carbocycles. The minimum Gasteiger partial charge on any atom is -0.364 e. The summed E-state index contributed by atoms with van der Waals surface area (Å²) >= 11 is 3.47. The average molecular weight is 321 g/mol.